The van der Waals surface area contributed by atoms with Crippen LogP contribution < -0.4 is 5.32 Å². The lowest BCUT2D eigenvalue weighted by molar-refractivity contribution is 0.0950. The number of carbonyl (C=O) groups excluding carboxylic acids is 1. The van der Waals surface area contributed by atoms with Gasteiger partial charge in [0.1, 0.15) is 5.69 Å². The molecule has 3 rings (SSSR count). The number of nitrogens with one attached hydrogen (secondary N) is 1. The molecule has 1 N–H and O–H groups in total. The van der Waals surface area contributed by atoms with Gasteiger partial charge in [-0.25, -0.2) is 4.98 Å². The molecule has 0 atom stereocenters. The van der Waals surface area contributed by atoms with Crippen LogP contribution in [0.15, 0.2) is 42.0 Å². The van der Waals surface area contributed by atoms with Crippen molar-refractivity contribution < 1.29 is 4.79 Å². The number of nitrogens with zero attached hydrogens (tertiary/aromatic N) is 2. The van der Waals surface area contributed by atoms with E-state index < -0.39 is 0 Å². The lowest BCUT2D eigenvalue weighted by Gasteiger charge is -2.03. The molecule has 0 fully saturated rings. The number of carbonyl (C=O) groups is 1. The highest BCUT2D eigenvalue weighted by Gasteiger charge is 2.10. The van der Waals surface area contributed by atoms with Crippen molar-refractivity contribution >= 4 is 33.8 Å². The van der Waals surface area contributed by atoms with Crippen LogP contribution >= 0.6 is 22.9 Å². The minimum absolute atomic E-state index is 0.150. The van der Waals surface area contributed by atoms with Crippen molar-refractivity contribution in [2.24, 2.45) is 0 Å². The molecule has 2 aromatic heterocycles. The van der Waals surface area contributed by atoms with Gasteiger partial charge in [0.25, 0.3) is 5.91 Å². The fourth-order valence-electron chi connectivity index (χ4n) is 1.94. The molecule has 4 nitrogen and oxygen atoms in total. The van der Waals surface area contributed by atoms with Gasteiger partial charge in [-0.2, -0.15) is 0 Å². The zero-order chi connectivity index (χ0) is 13.9. The number of rotatable bonds is 4. The first-order valence-corrected chi connectivity index (χ1v) is 7.43. The van der Waals surface area contributed by atoms with Crippen LogP contribution in [-0.2, 0) is 6.42 Å². The number of hydrogen-bond donors (Lipinski definition) is 1. The summed E-state index contributed by atoms with van der Waals surface area (Å²) >= 11 is 7.42. The number of imidazole rings is 1. The van der Waals surface area contributed by atoms with Gasteiger partial charge in [0, 0.05) is 29.3 Å². The number of halogens is 1. The maximum absolute atomic E-state index is 12.0. The Labute approximate surface area is 125 Å². The Hall–Kier alpha value is -1.85. The van der Waals surface area contributed by atoms with Crippen LogP contribution in [0.4, 0.5) is 0 Å². The molecule has 1 aromatic carbocycles. The maximum Gasteiger partial charge on any atom is 0.271 e. The van der Waals surface area contributed by atoms with Gasteiger partial charge in [-0.3, -0.25) is 9.20 Å². The van der Waals surface area contributed by atoms with E-state index in [9.17, 15) is 4.79 Å². The molecule has 0 spiro atoms. The molecule has 2 heterocycles. The van der Waals surface area contributed by atoms with E-state index in [0.29, 0.717) is 17.3 Å². The highest BCUT2D eigenvalue weighted by molar-refractivity contribution is 7.15. The van der Waals surface area contributed by atoms with Gasteiger partial charge in [-0.05, 0) is 24.1 Å². The molecule has 0 saturated carbocycles. The Balaban J connectivity index is 1.58. The van der Waals surface area contributed by atoms with E-state index in [0.717, 1.165) is 16.9 Å². The first-order valence-electron chi connectivity index (χ1n) is 6.17. The van der Waals surface area contributed by atoms with Crippen LogP contribution in [0.3, 0.4) is 0 Å². The molecule has 0 aliphatic heterocycles. The molecule has 0 aliphatic carbocycles. The smallest absolute Gasteiger partial charge is 0.271 e. The quantitative estimate of drug-likeness (QED) is 0.805. The highest BCUT2D eigenvalue weighted by Crippen LogP contribution is 2.12. The molecule has 0 unspecified atom stereocenters. The number of benzene rings is 1. The SMILES string of the molecule is O=C(NCCc1cccc(Cl)c1)c1cn2ccsc2n1. The molecule has 1 amide bonds. The van der Waals surface area contributed by atoms with Crippen LogP contribution in [0.25, 0.3) is 4.96 Å². The molecule has 6 heteroatoms. The molecule has 3 aromatic rings. The van der Waals surface area contributed by atoms with Gasteiger partial charge < -0.3 is 5.32 Å². The molecular weight excluding hydrogens is 294 g/mol. The van der Waals surface area contributed by atoms with E-state index in [2.05, 4.69) is 10.3 Å². The van der Waals surface area contributed by atoms with E-state index in [1.54, 1.807) is 6.20 Å². The van der Waals surface area contributed by atoms with E-state index in [4.69, 9.17) is 11.6 Å². The lowest BCUT2D eigenvalue weighted by atomic mass is 10.1. The molecule has 0 saturated heterocycles. The van der Waals surface area contributed by atoms with Crippen molar-refractivity contribution in [3.05, 3.63) is 58.3 Å². The average Bonchev–Trinajstić information content (AvgIpc) is 2.99. The summed E-state index contributed by atoms with van der Waals surface area (Å²) in [5.41, 5.74) is 1.55. The predicted molar refractivity (Wildman–Crippen MR) is 80.6 cm³/mol. The standard InChI is InChI=1S/C14H12ClN3OS/c15-11-3-1-2-10(8-11)4-5-16-13(19)12-9-18-6-7-20-14(18)17-12/h1-3,6-9H,4-5H2,(H,16,19). The molecule has 0 aliphatic rings. The van der Waals surface area contributed by atoms with Gasteiger partial charge >= 0.3 is 0 Å². The predicted octanol–water partition coefficient (Wildman–Crippen LogP) is 3.02. The van der Waals surface area contributed by atoms with Crippen LogP contribution in [0.2, 0.25) is 5.02 Å². The zero-order valence-corrected chi connectivity index (χ0v) is 12.1. The largest absolute Gasteiger partial charge is 0.350 e. The van der Waals surface area contributed by atoms with Gasteiger partial charge in [0.05, 0.1) is 0 Å². The van der Waals surface area contributed by atoms with Crippen LogP contribution in [-0.4, -0.2) is 21.8 Å². The number of amides is 1. The third-order valence-corrected chi connectivity index (χ3v) is 3.92. The van der Waals surface area contributed by atoms with Crippen molar-refractivity contribution in [1.29, 1.82) is 0 Å². The number of aromatic nitrogens is 2. The van der Waals surface area contributed by atoms with E-state index in [1.807, 2.05) is 40.2 Å². The van der Waals surface area contributed by atoms with E-state index >= 15 is 0 Å². The molecule has 0 bridgehead atoms. The van der Waals surface area contributed by atoms with Crippen molar-refractivity contribution in [2.45, 2.75) is 6.42 Å². The van der Waals surface area contributed by atoms with Crippen molar-refractivity contribution in [2.75, 3.05) is 6.54 Å². The van der Waals surface area contributed by atoms with Crippen LogP contribution in [0.5, 0.6) is 0 Å². The summed E-state index contributed by atoms with van der Waals surface area (Å²) in [6, 6.07) is 7.63. The van der Waals surface area contributed by atoms with E-state index in [-0.39, 0.29) is 5.91 Å². The second kappa shape index (κ2) is 5.64. The van der Waals surface area contributed by atoms with Crippen molar-refractivity contribution in [1.82, 2.24) is 14.7 Å². The summed E-state index contributed by atoms with van der Waals surface area (Å²) < 4.78 is 1.84. The molecule has 102 valence electrons. The van der Waals surface area contributed by atoms with E-state index in [1.165, 1.54) is 11.3 Å². The summed E-state index contributed by atoms with van der Waals surface area (Å²) in [6.07, 6.45) is 4.37. The van der Waals surface area contributed by atoms with Gasteiger partial charge in [-0.15, -0.1) is 11.3 Å². The normalized spacial score (nSPS) is 10.8. The van der Waals surface area contributed by atoms with Crippen LogP contribution in [0.1, 0.15) is 16.1 Å². The Morgan fingerprint density at radius 3 is 3.15 bits per heavy atom. The fourth-order valence-corrected chi connectivity index (χ4v) is 2.85. The topological polar surface area (TPSA) is 46.4 Å². The van der Waals surface area contributed by atoms with Gasteiger partial charge in [-0.1, -0.05) is 23.7 Å². The summed E-state index contributed by atoms with van der Waals surface area (Å²) in [6.45, 7) is 0.560. The lowest BCUT2D eigenvalue weighted by Crippen LogP contribution is -2.25. The highest BCUT2D eigenvalue weighted by atomic mass is 35.5. The minimum Gasteiger partial charge on any atom is -0.350 e. The Kier molecular flexibility index (Phi) is 3.71. The first kappa shape index (κ1) is 13.1. The Morgan fingerprint density at radius 2 is 2.35 bits per heavy atom. The van der Waals surface area contributed by atoms with Gasteiger partial charge in [0.15, 0.2) is 4.96 Å². The minimum atomic E-state index is -0.150. The number of thiazole rings is 1. The fraction of sp³-hybridized carbons (Fsp3) is 0.143. The Bertz CT molecular complexity index is 721. The second-order valence-electron chi connectivity index (χ2n) is 4.35. The molecule has 20 heavy (non-hydrogen) atoms. The first-order chi connectivity index (χ1) is 9.72. The summed E-state index contributed by atoms with van der Waals surface area (Å²) in [5.74, 6) is -0.150. The third-order valence-electron chi connectivity index (χ3n) is 2.91. The molecular formula is C14H12ClN3OS. The van der Waals surface area contributed by atoms with Crippen LogP contribution in [0, 0.1) is 0 Å². The third kappa shape index (κ3) is 2.84. The van der Waals surface area contributed by atoms with Gasteiger partial charge in [0.2, 0.25) is 0 Å². The molecule has 0 radical (unpaired) electrons. The average molecular weight is 306 g/mol. The summed E-state index contributed by atoms with van der Waals surface area (Å²) in [7, 11) is 0. The number of fused-ring (bicyclic) bond motifs is 1. The second-order valence-corrected chi connectivity index (χ2v) is 5.66. The van der Waals surface area contributed by atoms with Crippen molar-refractivity contribution in [3.8, 4) is 0 Å². The van der Waals surface area contributed by atoms with Crippen molar-refractivity contribution in [3.63, 3.8) is 0 Å². The zero-order valence-electron chi connectivity index (χ0n) is 10.5. The number of hydrogen-bond acceptors (Lipinski definition) is 3. The Morgan fingerprint density at radius 1 is 1.45 bits per heavy atom. The monoisotopic (exact) mass is 305 g/mol. The summed E-state index contributed by atoms with van der Waals surface area (Å²) in [5, 5.41) is 5.51. The summed E-state index contributed by atoms with van der Waals surface area (Å²) in [4.78, 5) is 17.0. The maximum atomic E-state index is 12.0.